The maximum Gasteiger partial charge on any atom is 0.122 e. The van der Waals surface area contributed by atoms with E-state index >= 15 is 0 Å². The summed E-state index contributed by atoms with van der Waals surface area (Å²) in [6, 6.07) is 6.30. The molecule has 0 bridgehead atoms. The molecule has 2 N–H and O–H groups in total. The van der Waals surface area contributed by atoms with Crippen molar-refractivity contribution in [3.8, 4) is 5.75 Å². The predicted molar refractivity (Wildman–Crippen MR) is 76.5 cm³/mol. The number of nitrogens with two attached hydrogens (primary N) is 1. The molecule has 17 heavy (non-hydrogen) atoms. The highest BCUT2D eigenvalue weighted by Gasteiger charge is 2.09. The molecule has 0 saturated heterocycles. The van der Waals surface area contributed by atoms with Crippen molar-refractivity contribution < 1.29 is 4.74 Å². The molecule has 1 aromatic rings. The van der Waals surface area contributed by atoms with Crippen molar-refractivity contribution in [1.82, 2.24) is 0 Å². The molecule has 1 rings (SSSR count). The molecule has 0 saturated carbocycles. The van der Waals surface area contributed by atoms with E-state index < -0.39 is 0 Å². The highest BCUT2D eigenvalue weighted by molar-refractivity contribution is 9.10. The van der Waals surface area contributed by atoms with Crippen molar-refractivity contribution in [1.29, 1.82) is 0 Å². The third kappa shape index (κ3) is 5.09. The molecule has 0 fully saturated rings. The van der Waals surface area contributed by atoms with Crippen LogP contribution < -0.4 is 10.5 Å². The van der Waals surface area contributed by atoms with Gasteiger partial charge in [0.2, 0.25) is 0 Å². The molecule has 0 radical (unpaired) electrons. The Morgan fingerprint density at radius 1 is 1.35 bits per heavy atom. The molecule has 0 aliphatic carbocycles. The second kappa shape index (κ2) is 7.72. The zero-order chi connectivity index (χ0) is 12.7. The van der Waals surface area contributed by atoms with Crippen LogP contribution in [0.2, 0.25) is 0 Å². The molecular weight excluding hydrogens is 278 g/mol. The van der Waals surface area contributed by atoms with E-state index in [1.165, 1.54) is 24.8 Å². The smallest absolute Gasteiger partial charge is 0.122 e. The largest absolute Gasteiger partial charge is 0.496 e. The Labute approximate surface area is 113 Å². The lowest BCUT2D eigenvalue weighted by Gasteiger charge is -2.14. The standard InChI is InChI=1S/C14H22BrNO/c1-3-4-5-6-13(16)10-11-9-12(15)7-8-14(11)17-2/h7-9,13H,3-6,10,16H2,1-2H3. The van der Waals surface area contributed by atoms with E-state index in [0.717, 1.165) is 23.1 Å². The van der Waals surface area contributed by atoms with Crippen molar-refractivity contribution in [3.05, 3.63) is 28.2 Å². The van der Waals surface area contributed by atoms with Crippen LogP contribution in [0.1, 0.15) is 38.2 Å². The van der Waals surface area contributed by atoms with Gasteiger partial charge in [0.15, 0.2) is 0 Å². The minimum atomic E-state index is 0.227. The summed E-state index contributed by atoms with van der Waals surface area (Å²) >= 11 is 3.48. The fourth-order valence-corrected chi connectivity index (χ4v) is 2.36. The number of ether oxygens (including phenoxy) is 1. The summed E-state index contributed by atoms with van der Waals surface area (Å²) in [5, 5.41) is 0. The first-order chi connectivity index (χ1) is 8.17. The van der Waals surface area contributed by atoms with Crippen LogP contribution in [0.25, 0.3) is 0 Å². The van der Waals surface area contributed by atoms with Gasteiger partial charge in [0.1, 0.15) is 5.75 Å². The molecule has 96 valence electrons. The van der Waals surface area contributed by atoms with Gasteiger partial charge in [-0.05, 0) is 36.6 Å². The van der Waals surface area contributed by atoms with Crippen molar-refractivity contribution >= 4 is 15.9 Å². The van der Waals surface area contributed by atoms with Gasteiger partial charge in [0.25, 0.3) is 0 Å². The maximum absolute atomic E-state index is 6.15. The van der Waals surface area contributed by atoms with Crippen LogP contribution in [-0.4, -0.2) is 13.2 Å². The zero-order valence-corrected chi connectivity index (χ0v) is 12.3. The predicted octanol–water partition coefficient (Wildman–Crippen LogP) is 3.91. The van der Waals surface area contributed by atoms with Crippen LogP contribution in [-0.2, 0) is 6.42 Å². The summed E-state index contributed by atoms with van der Waals surface area (Å²) in [6.07, 6.45) is 5.69. The number of halogens is 1. The third-order valence-electron chi connectivity index (χ3n) is 2.90. The van der Waals surface area contributed by atoms with Crippen molar-refractivity contribution in [3.63, 3.8) is 0 Å². The first-order valence-electron chi connectivity index (χ1n) is 6.25. The average Bonchev–Trinajstić information content (AvgIpc) is 2.29. The van der Waals surface area contributed by atoms with E-state index in [1.54, 1.807) is 7.11 Å². The van der Waals surface area contributed by atoms with Gasteiger partial charge in [-0.15, -0.1) is 0 Å². The Morgan fingerprint density at radius 3 is 2.76 bits per heavy atom. The quantitative estimate of drug-likeness (QED) is 0.775. The normalized spacial score (nSPS) is 12.5. The van der Waals surface area contributed by atoms with Gasteiger partial charge in [0.05, 0.1) is 7.11 Å². The highest BCUT2D eigenvalue weighted by Crippen LogP contribution is 2.24. The monoisotopic (exact) mass is 299 g/mol. The summed E-state index contributed by atoms with van der Waals surface area (Å²) in [5.41, 5.74) is 7.34. The van der Waals surface area contributed by atoms with Gasteiger partial charge in [-0.1, -0.05) is 42.1 Å². The number of unbranched alkanes of at least 4 members (excludes halogenated alkanes) is 2. The molecule has 0 spiro atoms. The second-order valence-corrected chi connectivity index (χ2v) is 5.33. The Hall–Kier alpha value is -0.540. The molecule has 2 nitrogen and oxygen atoms in total. The molecule has 1 aromatic carbocycles. The van der Waals surface area contributed by atoms with Gasteiger partial charge in [-0.25, -0.2) is 0 Å². The molecule has 0 amide bonds. The van der Waals surface area contributed by atoms with E-state index in [9.17, 15) is 0 Å². The third-order valence-corrected chi connectivity index (χ3v) is 3.40. The molecule has 1 unspecified atom stereocenters. The van der Waals surface area contributed by atoms with Crippen LogP contribution in [0.5, 0.6) is 5.75 Å². The minimum absolute atomic E-state index is 0.227. The summed E-state index contributed by atoms with van der Waals surface area (Å²) in [4.78, 5) is 0. The molecular formula is C14H22BrNO. The lowest BCUT2D eigenvalue weighted by Crippen LogP contribution is -2.22. The van der Waals surface area contributed by atoms with Gasteiger partial charge in [-0.2, -0.15) is 0 Å². The van der Waals surface area contributed by atoms with Crippen LogP contribution in [0.4, 0.5) is 0 Å². The van der Waals surface area contributed by atoms with E-state index in [4.69, 9.17) is 10.5 Å². The lowest BCUT2D eigenvalue weighted by atomic mass is 10.0. The number of hydrogen-bond donors (Lipinski definition) is 1. The van der Waals surface area contributed by atoms with Crippen LogP contribution in [0.15, 0.2) is 22.7 Å². The van der Waals surface area contributed by atoms with Crippen molar-refractivity contribution in [2.45, 2.75) is 45.1 Å². The first kappa shape index (κ1) is 14.5. The maximum atomic E-state index is 6.15. The van der Waals surface area contributed by atoms with Gasteiger partial charge in [-0.3, -0.25) is 0 Å². The fourth-order valence-electron chi connectivity index (χ4n) is 1.95. The van der Waals surface area contributed by atoms with E-state index in [0.29, 0.717) is 0 Å². The molecule has 0 aliphatic heterocycles. The SMILES string of the molecule is CCCCCC(N)Cc1cc(Br)ccc1OC. The molecule has 3 heteroatoms. The van der Waals surface area contributed by atoms with Crippen LogP contribution in [0, 0.1) is 0 Å². The van der Waals surface area contributed by atoms with Gasteiger partial charge >= 0.3 is 0 Å². The molecule has 0 aliphatic rings. The van der Waals surface area contributed by atoms with Gasteiger partial charge < -0.3 is 10.5 Å². The van der Waals surface area contributed by atoms with Crippen molar-refractivity contribution in [2.75, 3.05) is 7.11 Å². The molecule has 0 heterocycles. The van der Waals surface area contributed by atoms with Gasteiger partial charge in [0, 0.05) is 10.5 Å². The number of rotatable bonds is 7. The molecule has 1 atom stereocenters. The Balaban J connectivity index is 2.57. The van der Waals surface area contributed by atoms with E-state index in [2.05, 4.69) is 28.9 Å². The average molecular weight is 300 g/mol. The van der Waals surface area contributed by atoms with Crippen molar-refractivity contribution in [2.24, 2.45) is 5.73 Å². The second-order valence-electron chi connectivity index (χ2n) is 4.42. The summed E-state index contributed by atoms with van der Waals surface area (Å²) in [6.45, 7) is 2.21. The zero-order valence-electron chi connectivity index (χ0n) is 10.7. The summed E-state index contributed by atoms with van der Waals surface area (Å²) < 4.78 is 6.43. The summed E-state index contributed by atoms with van der Waals surface area (Å²) in [5.74, 6) is 0.930. The highest BCUT2D eigenvalue weighted by atomic mass is 79.9. The van der Waals surface area contributed by atoms with E-state index in [1.807, 2.05) is 12.1 Å². The topological polar surface area (TPSA) is 35.2 Å². The lowest BCUT2D eigenvalue weighted by molar-refractivity contribution is 0.406. The molecule has 0 aromatic heterocycles. The number of hydrogen-bond acceptors (Lipinski definition) is 2. The Bertz CT molecular complexity index is 341. The summed E-state index contributed by atoms with van der Waals surface area (Å²) in [7, 11) is 1.70. The number of methoxy groups -OCH3 is 1. The Kier molecular flexibility index (Phi) is 6.60. The first-order valence-corrected chi connectivity index (χ1v) is 7.04. The fraction of sp³-hybridized carbons (Fsp3) is 0.571. The van der Waals surface area contributed by atoms with E-state index in [-0.39, 0.29) is 6.04 Å². The van der Waals surface area contributed by atoms with Crippen LogP contribution >= 0.6 is 15.9 Å². The minimum Gasteiger partial charge on any atom is -0.496 e. The number of benzene rings is 1. The Morgan fingerprint density at radius 2 is 2.12 bits per heavy atom. The van der Waals surface area contributed by atoms with Crippen LogP contribution in [0.3, 0.4) is 0 Å².